The minimum atomic E-state index is -5.05. The van der Waals surface area contributed by atoms with Gasteiger partial charge in [-0.25, -0.2) is 9.97 Å². The molecule has 4 nitrogen and oxygen atoms in total. The Morgan fingerprint density at radius 2 is 1.65 bits per heavy atom. The molecule has 0 unspecified atom stereocenters. The number of Topliss-reactive ketones (excluding diaryl/α,β-unsaturated/α-hetero) is 1. The van der Waals surface area contributed by atoms with Crippen molar-refractivity contribution in [1.82, 2.24) is 9.97 Å². The van der Waals surface area contributed by atoms with Crippen LogP contribution in [-0.4, -0.2) is 35.8 Å². The summed E-state index contributed by atoms with van der Waals surface area (Å²) in [6, 6.07) is 0. The van der Waals surface area contributed by atoms with E-state index >= 15 is 0 Å². The summed E-state index contributed by atoms with van der Waals surface area (Å²) in [5, 5.41) is 0. The monoisotopic (exact) mass is 244 g/mol. The van der Waals surface area contributed by atoms with Crippen LogP contribution in [0.3, 0.4) is 0 Å². The maximum Gasteiger partial charge on any atom is 0.512 e. The second-order valence-corrected chi connectivity index (χ2v) is 3.92. The Labute approximate surface area is 95.9 Å². The Morgan fingerprint density at radius 1 is 1.12 bits per heavy atom. The number of carbonyl (C=O) groups is 1. The molecule has 0 atom stereocenters. The number of hydrogen-bond donors (Lipinski definition) is 0. The average molecular weight is 244 g/mol. The van der Waals surface area contributed by atoms with E-state index in [-0.39, 0.29) is 11.7 Å². The molecule has 1 fully saturated rings. The number of piperidine rings is 1. The molecular weight excluding hydrogens is 234 g/mol. The minimum absolute atomic E-state index is 0.163. The molecule has 1 aliphatic heterocycles. The van der Waals surface area contributed by atoms with Crippen molar-refractivity contribution in [3.05, 3.63) is 12.4 Å². The summed E-state index contributed by atoms with van der Waals surface area (Å²) in [5.74, 6) is 0.415. The Morgan fingerprint density at radius 3 is 2.12 bits per heavy atom. The first-order chi connectivity index (χ1) is 7.97. The number of aromatic nitrogens is 2. The molecular formula is C9H10BF3N3O-. The number of ketones is 1. The zero-order chi connectivity index (χ0) is 12.5. The summed E-state index contributed by atoms with van der Waals surface area (Å²) in [5.41, 5.74) is -0.804. The molecule has 17 heavy (non-hydrogen) atoms. The Balaban J connectivity index is 2.10. The second kappa shape index (κ2) is 4.35. The van der Waals surface area contributed by atoms with Crippen molar-refractivity contribution in [3.63, 3.8) is 0 Å². The zero-order valence-electron chi connectivity index (χ0n) is 8.94. The first-order valence-electron chi connectivity index (χ1n) is 5.25. The van der Waals surface area contributed by atoms with E-state index in [1.165, 1.54) is 0 Å². The van der Waals surface area contributed by atoms with Gasteiger partial charge in [0.1, 0.15) is 5.78 Å². The smallest absolute Gasteiger partial charge is 0.445 e. The van der Waals surface area contributed by atoms with Gasteiger partial charge in [-0.2, -0.15) is 0 Å². The summed E-state index contributed by atoms with van der Waals surface area (Å²) < 4.78 is 37.0. The lowest BCUT2D eigenvalue weighted by Crippen LogP contribution is -2.38. The van der Waals surface area contributed by atoms with Gasteiger partial charge in [-0.05, 0) is 0 Å². The van der Waals surface area contributed by atoms with Crippen molar-refractivity contribution in [3.8, 4) is 0 Å². The largest absolute Gasteiger partial charge is 0.512 e. The SMILES string of the molecule is O=C1CCN(c2ncc([B-](F)(F)F)cn2)CC1. The van der Waals surface area contributed by atoms with E-state index in [0.717, 1.165) is 12.4 Å². The van der Waals surface area contributed by atoms with E-state index in [1.54, 1.807) is 4.90 Å². The van der Waals surface area contributed by atoms with Crippen molar-refractivity contribution >= 4 is 24.2 Å². The Bertz CT molecular complexity index is 410. The van der Waals surface area contributed by atoms with Crippen molar-refractivity contribution in [2.24, 2.45) is 0 Å². The van der Waals surface area contributed by atoms with Crippen LogP contribution >= 0.6 is 0 Å². The number of carbonyl (C=O) groups excluding carboxylic acids is 1. The van der Waals surface area contributed by atoms with Gasteiger partial charge in [0.25, 0.3) is 0 Å². The summed E-state index contributed by atoms with van der Waals surface area (Å²) in [6.45, 7) is -4.11. The molecule has 0 spiro atoms. The normalized spacial score (nSPS) is 17.4. The quantitative estimate of drug-likeness (QED) is 0.718. The van der Waals surface area contributed by atoms with E-state index in [1.807, 2.05) is 0 Å². The molecule has 2 heterocycles. The molecule has 0 N–H and O–H groups in total. The van der Waals surface area contributed by atoms with Gasteiger partial charge in [0.15, 0.2) is 0 Å². The summed E-state index contributed by atoms with van der Waals surface area (Å²) in [6.07, 6.45) is 2.38. The molecule has 0 amide bonds. The maximum atomic E-state index is 12.3. The number of halogens is 3. The van der Waals surface area contributed by atoms with Crippen LogP contribution in [0.2, 0.25) is 0 Å². The molecule has 0 saturated carbocycles. The fourth-order valence-corrected chi connectivity index (χ4v) is 1.62. The van der Waals surface area contributed by atoms with Gasteiger partial charge in [0.05, 0.1) is 0 Å². The first-order valence-corrected chi connectivity index (χ1v) is 5.25. The summed E-state index contributed by atoms with van der Waals surface area (Å²) in [7, 11) is 0. The second-order valence-electron chi connectivity index (χ2n) is 3.92. The fraction of sp³-hybridized carbons (Fsp3) is 0.444. The van der Waals surface area contributed by atoms with Crippen LogP contribution in [-0.2, 0) is 4.79 Å². The molecule has 8 heteroatoms. The van der Waals surface area contributed by atoms with Gasteiger partial charge < -0.3 is 17.8 Å². The van der Waals surface area contributed by atoms with Crippen LogP contribution in [0.5, 0.6) is 0 Å². The lowest BCUT2D eigenvalue weighted by atomic mass is 9.83. The number of hydrogen-bond acceptors (Lipinski definition) is 4. The number of rotatable bonds is 2. The number of anilines is 1. The van der Waals surface area contributed by atoms with E-state index in [9.17, 15) is 17.7 Å². The van der Waals surface area contributed by atoms with Crippen molar-refractivity contribution in [2.75, 3.05) is 18.0 Å². The van der Waals surface area contributed by atoms with Gasteiger partial charge >= 0.3 is 6.98 Å². The molecule has 0 bridgehead atoms. The van der Waals surface area contributed by atoms with E-state index in [4.69, 9.17) is 0 Å². The summed E-state index contributed by atoms with van der Waals surface area (Å²) in [4.78, 5) is 20.1. The van der Waals surface area contributed by atoms with Gasteiger partial charge in [0, 0.05) is 38.3 Å². The minimum Gasteiger partial charge on any atom is -0.445 e. The zero-order valence-corrected chi connectivity index (χ0v) is 8.94. The standard InChI is InChI=1S/C9H10BF3N3O/c11-10(12,13)7-5-14-9(15-6-7)16-3-1-8(17)2-4-16/h5-6H,1-4H2/q-1. The van der Waals surface area contributed by atoms with Crippen molar-refractivity contribution < 1.29 is 17.7 Å². The van der Waals surface area contributed by atoms with Crippen molar-refractivity contribution in [1.29, 1.82) is 0 Å². The predicted octanol–water partition coefficient (Wildman–Crippen LogP) is 0.700. The van der Waals surface area contributed by atoms with E-state index < -0.39 is 12.4 Å². The van der Waals surface area contributed by atoms with Gasteiger partial charge in [-0.3, -0.25) is 4.79 Å². The first kappa shape index (κ1) is 11.9. The van der Waals surface area contributed by atoms with Gasteiger partial charge in [-0.15, -0.1) is 0 Å². The predicted molar refractivity (Wildman–Crippen MR) is 57.2 cm³/mol. The molecule has 1 aliphatic rings. The van der Waals surface area contributed by atoms with Gasteiger partial charge in [-0.1, -0.05) is 5.46 Å². The molecule has 92 valence electrons. The maximum absolute atomic E-state index is 12.3. The highest BCUT2D eigenvalue weighted by atomic mass is 19.4. The molecule has 1 saturated heterocycles. The topological polar surface area (TPSA) is 46.1 Å². The average Bonchev–Trinajstić information content (AvgIpc) is 2.29. The highest BCUT2D eigenvalue weighted by molar-refractivity contribution is 6.73. The van der Waals surface area contributed by atoms with Crippen LogP contribution in [0.25, 0.3) is 0 Å². The Hall–Kier alpha value is -1.60. The van der Waals surface area contributed by atoms with E-state index in [0.29, 0.717) is 25.9 Å². The van der Waals surface area contributed by atoms with Crippen LogP contribution in [0.1, 0.15) is 12.8 Å². The van der Waals surface area contributed by atoms with Crippen LogP contribution in [0.15, 0.2) is 12.4 Å². The van der Waals surface area contributed by atoms with Crippen LogP contribution < -0.4 is 10.4 Å². The molecule has 1 aromatic heterocycles. The molecule has 2 rings (SSSR count). The van der Waals surface area contributed by atoms with Crippen molar-refractivity contribution in [2.45, 2.75) is 12.8 Å². The third kappa shape index (κ3) is 2.75. The lowest BCUT2D eigenvalue weighted by molar-refractivity contribution is -0.119. The summed E-state index contributed by atoms with van der Waals surface area (Å²) >= 11 is 0. The molecule has 1 aromatic rings. The van der Waals surface area contributed by atoms with Gasteiger partial charge in [0.2, 0.25) is 5.95 Å². The molecule has 0 radical (unpaired) electrons. The van der Waals surface area contributed by atoms with Crippen LogP contribution in [0, 0.1) is 0 Å². The highest BCUT2D eigenvalue weighted by Gasteiger charge is 2.27. The Kier molecular flexibility index (Phi) is 3.04. The third-order valence-corrected chi connectivity index (χ3v) is 2.64. The van der Waals surface area contributed by atoms with E-state index in [2.05, 4.69) is 9.97 Å². The third-order valence-electron chi connectivity index (χ3n) is 2.64. The van der Waals surface area contributed by atoms with Crippen LogP contribution in [0.4, 0.5) is 18.9 Å². The molecule has 0 aromatic carbocycles. The highest BCUT2D eigenvalue weighted by Crippen LogP contribution is 2.13. The number of nitrogens with zero attached hydrogens (tertiary/aromatic N) is 3. The lowest BCUT2D eigenvalue weighted by Gasteiger charge is -2.26. The fourth-order valence-electron chi connectivity index (χ4n) is 1.62. The molecule has 0 aliphatic carbocycles.